The molecule has 0 aliphatic rings. The number of alkyl halides is 1. The summed E-state index contributed by atoms with van der Waals surface area (Å²) in [6.07, 6.45) is 3.25. The third-order valence-electron chi connectivity index (χ3n) is 2.13. The Hall–Kier alpha value is -0.900. The molecule has 0 N–H and O–H groups in total. The maximum atomic E-state index is 11.8. The molecular formula is C10H13BrN2O. The summed E-state index contributed by atoms with van der Waals surface area (Å²) in [7, 11) is 1.80. The highest BCUT2D eigenvalue weighted by atomic mass is 79.9. The van der Waals surface area contributed by atoms with Gasteiger partial charge in [0.25, 0.3) is 5.91 Å². The van der Waals surface area contributed by atoms with E-state index in [1.807, 2.05) is 6.92 Å². The first kappa shape index (κ1) is 11.2. The van der Waals surface area contributed by atoms with Crippen LogP contribution in [0.5, 0.6) is 0 Å². The second-order valence-electron chi connectivity index (χ2n) is 3.16. The summed E-state index contributed by atoms with van der Waals surface area (Å²) < 4.78 is 0. The Morgan fingerprint density at radius 3 is 2.64 bits per heavy atom. The van der Waals surface area contributed by atoms with Gasteiger partial charge in [-0.3, -0.25) is 9.78 Å². The number of halogens is 1. The summed E-state index contributed by atoms with van der Waals surface area (Å²) >= 11 is 3.35. The van der Waals surface area contributed by atoms with Gasteiger partial charge in [0, 0.05) is 36.4 Å². The molecule has 0 fully saturated rings. The molecule has 1 atom stereocenters. The third-order valence-corrected chi connectivity index (χ3v) is 3.07. The minimum Gasteiger partial charge on any atom is -0.338 e. The average Bonchev–Trinajstić information content (AvgIpc) is 2.27. The van der Waals surface area contributed by atoms with Gasteiger partial charge in [-0.2, -0.15) is 0 Å². The molecule has 76 valence electrons. The highest BCUT2D eigenvalue weighted by molar-refractivity contribution is 9.09. The number of carbonyl (C=O) groups is 1. The van der Waals surface area contributed by atoms with E-state index in [4.69, 9.17) is 0 Å². The fraction of sp³-hybridized carbons (Fsp3) is 0.400. The summed E-state index contributed by atoms with van der Waals surface area (Å²) in [5, 5.41) is 0.778. The van der Waals surface area contributed by atoms with Crippen LogP contribution in [0.1, 0.15) is 17.3 Å². The molecule has 4 heteroatoms. The minimum absolute atomic E-state index is 0.0272. The number of hydrogen-bond donors (Lipinski definition) is 0. The fourth-order valence-corrected chi connectivity index (χ4v) is 1.44. The molecule has 0 aromatic carbocycles. The molecule has 14 heavy (non-hydrogen) atoms. The summed E-state index contributed by atoms with van der Waals surface area (Å²) in [6, 6.07) is 3.63. The van der Waals surface area contributed by atoms with Gasteiger partial charge in [0.05, 0.1) is 0 Å². The molecule has 0 saturated carbocycles. The number of hydrogen-bond acceptors (Lipinski definition) is 2. The van der Waals surface area contributed by atoms with Crippen LogP contribution >= 0.6 is 15.9 Å². The van der Waals surface area contributed by atoms with Crippen molar-refractivity contribution >= 4 is 21.8 Å². The van der Waals surface area contributed by atoms with Gasteiger partial charge in [-0.15, -0.1) is 0 Å². The van der Waals surface area contributed by atoms with Crippen LogP contribution in [0, 0.1) is 0 Å². The Kier molecular flexibility index (Phi) is 4.07. The molecule has 1 aromatic heterocycles. The van der Waals surface area contributed by atoms with E-state index in [2.05, 4.69) is 20.9 Å². The van der Waals surface area contributed by atoms with Crippen LogP contribution in [-0.2, 0) is 0 Å². The van der Waals surface area contributed by atoms with Crippen LogP contribution in [0.3, 0.4) is 0 Å². The molecule has 1 unspecified atom stereocenters. The second kappa shape index (κ2) is 5.10. The van der Waals surface area contributed by atoms with Crippen molar-refractivity contribution in [3.8, 4) is 0 Å². The van der Waals surface area contributed by atoms with Gasteiger partial charge in [0.2, 0.25) is 0 Å². The topological polar surface area (TPSA) is 33.2 Å². The van der Waals surface area contributed by atoms with E-state index >= 15 is 0 Å². The second-order valence-corrected chi connectivity index (χ2v) is 3.80. The molecule has 3 nitrogen and oxygen atoms in total. The Labute approximate surface area is 92.3 Å². The standard InChI is InChI=1S/C10H13BrN2O/c1-8(7-11)13(2)10(14)9-3-5-12-6-4-9/h3-6,8H,7H2,1-2H3. The van der Waals surface area contributed by atoms with Crippen LogP contribution in [0.2, 0.25) is 0 Å². The zero-order valence-corrected chi connectivity index (χ0v) is 9.86. The van der Waals surface area contributed by atoms with Crippen LogP contribution in [-0.4, -0.2) is 34.2 Å². The van der Waals surface area contributed by atoms with Gasteiger partial charge in [-0.1, -0.05) is 15.9 Å². The Bertz CT molecular complexity index is 302. The van der Waals surface area contributed by atoms with E-state index in [0.717, 1.165) is 5.33 Å². The molecule has 0 saturated heterocycles. The SMILES string of the molecule is CC(CBr)N(C)C(=O)c1ccncc1. The first-order valence-electron chi connectivity index (χ1n) is 4.40. The van der Waals surface area contributed by atoms with Crippen molar-refractivity contribution in [1.29, 1.82) is 0 Å². The van der Waals surface area contributed by atoms with Crippen LogP contribution in [0.15, 0.2) is 24.5 Å². The summed E-state index contributed by atoms with van der Waals surface area (Å²) in [5.41, 5.74) is 0.676. The van der Waals surface area contributed by atoms with Crippen molar-refractivity contribution < 1.29 is 4.79 Å². The van der Waals surface area contributed by atoms with E-state index < -0.39 is 0 Å². The molecule has 1 heterocycles. The van der Waals surface area contributed by atoms with Crippen molar-refractivity contribution in [1.82, 2.24) is 9.88 Å². The first-order valence-corrected chi connectivity index (χ1v) is 5.52. The van der Waals surface area contributed by atoms with E-state index in [0.29, 0.717) is 5.56 Å². The zero-order valence-electron chi connectivity index (χ0n) is 8.27. The summed E-state index contributed by atoms with van der Waals surface area (Å²) in [6.45, 7) is 1.99. The maximum Gasteiger partial charge on any atom is 0.253 e. The van der Waals surface area contributed by atoms with Crippen molar-refractivity contribution in [2.75, 3.05) is 12.4 Å². The van der Waals surface area contributed by atoms with Gasteiger partial charge in [-0.05, 0) is 19.1 Å². The first-order chi connectivity index (χ1) is 6.66. The monoisotopic (exact) mass is 256 g/mol. The smallest absolute Gasteiger partial charge is 0.253 e. The molecular weight excluding hydrogens is 244 g/mol. The predicted octanol–water partition coefficient (Wildman–Crippen LogP) is 1.94. The highest BCUT2D eigenvalue weighted by Crippen LogP contribution is 2.06. The molecule has 0 radical (unpaired) electrons. The zero-order chi connectivity index (χ0) is 10.6. The lowest BCUT2D eigenvalue weighted by molar-refractivity contribution is 0.0758. The van der Waals surface area contributed by atoms with Gasteiger partial charge in [0.1, 0.15) is 0 Å². The Morgan fingerprint density at radius 2 is 2.14 bits per heavy atom. The Morgan fingerprint density at radius 1 is 1.57 bits per heavy atom. The number of pyridine rings is 1. The number of nitrogens with zero attached hydrogens (tertiary/aromatic N) is 2. The van der Waals surface area contributed by atoms with E-state index in [-0.39, 0.29) is 11.9 Å². The van der Waals surface area contributed by atoms with Gasteiger partial charge < -0.3 is 4.90 Å². The lowest BCUT2D eigenvalue weighted by Gasteiger charge is -2.23. The maximum absolute atomic E-state index is 11.8. The fourth-order valence-electron chi connectivity index (χ4n) is 1.00. The molecule has 0 spiro atoms. The third kappa shape index (κ3) is 2.54. The van der Waals surface area contributed by atoms with Gasteiger partial charge in [0.15, 0.2) is 0 Å². The molecule has 0 aliphatic heterocycles. The van der Waals surface area contributed by atoms with E-state index in [9.17, 15) is 4.79 Å². The minimum atomic E-state index is 0.0272. The average molecular weight is 257 g/mol. The van der Waals surface area contributed by atoms with Crippen LogP contribution < -0.4 is 0 Å². The number of amides is 1. The molecule has 1 rings (SSSR count). The van der Waals surface area contributed by atoms with Gasteiger partial charge >= 0.3 is 0 Å². The van der Waals surface area contributed by atoms with E-state index in [1.54, 1.807) is 36.5 Å². The lowest BCUT2D eigenvalue weighted by atomic mass is 10.2. The van der Waals surface area contributed by atoms with Gasteiger partial charge in [-0.25, -0.2) is 0 Å². The number of carbonyl (C=O) groups excluding carboxylic acids is 1. The summed E-state index contributed by atoms with van der Waals surface area (Å²) in [4.78, 5) is 17.4. The largest absolute Gasteiger partial charge is 0.338 e. The van der Waals surface area contributed by atoms with E-state index in [1.165, 1.54) is 0 Å². The predicted molar refractivity (Wildman–Crippen MR) is 59.6 cm³/mol. The highest BCUT2D eigenvalue weighted by Gasteiger charge is 2.15. The van der Waals surface area contributed by atoms with Crippen LogP contribution in [0.4, 0.5) is 0 Å². The quantitative estimate of drug-likeness (QED) is 0.775. The number of aromatic nitrogens is 1. The van der Waals surface area contributed by atoms with Crippen molar-refractivity contribution in [2.24, 2.45) is 0 Å². The van der Waals surface area contributed by atoms with Crippen LogP contribution in [0.25, 0.3) is 0 Å². The van der Waals surface area contributed by atoms with Crippen molar-refractivity contribution in [3.05, 3.63) is 30.1 Å². The molecule has 0 bridgehead atoms. The van der Waals surface area contributed by atoms with Crippen molar-refractivity contribution in [2.45, 2.75) is 13.0 Å². The van der Waals surface area contributed by atoms with Crippen molar-refractivity contribution in [3.63, 3.8) is 0 Å². The summed E-state index contributed by atoms with van der Waals surface area (Å²) in [5.74, 6) is 0.0272. The molecule has 1 aromatic rings. The lowest BCUT2D eigenvalue weighted by Crippen LogP contribution is -2.36. The Balaban J connectivity index is 2.76. The number of rotatable bonds is 3. The molecule has 0 aliphatic carbocycles. The normalized spacial score (nSPS) is 12.2. The molecule has 1 amide bonds.